The van der Waals surface area contributed by atoms with Gasteiger partial charge < -0.3 is 10.1 Å². The summed E-state index contributed by atoms with van der Waals surface area (Å²) in [4.78, 5) is 11.4. The van der Waals surface area contributed by atoms with Gasteiger partial charge in [0.25, 0.3) is 5.91 Å². The molecule has 1 saturated carbocycles. The predicted octanol–water partition coefficient (Wildman–Crippen LogP) is 2.87. The van der Waals surface area contributed by atoms with Gasteiger partial charge >= 0.3 is 0 Å². The van der Waals surface area contributed by atoms with Crippen molar-refractivity contribution in [1.82, 2.24) is 5.32 Å². The number of nitrogens with one attached hydrogen (secondary N) is 1. The number of para-hydroxylation sites is 1. The van der Waals surface area contributed by atoms with Crippen molar-refractivity contribution in [2.75, 3.05) is 6.61 Å². The molecule has 0 aliphatic heterocycles. The zero-order chi connectivity index (χ0) is 11.5. The van der Waals surface area contributed by atoms with E-state index in [1.54, 1.807) is 0 Å². The molecule has 1 aromatic carbocycles. The van der Waals surface area contributed by atoms with Gasteiger partial charge in [0.05, 0.1) is 8.95 Å². The number of hydrogen-bond donors (Lipinski definition) is 1. The van der Waals surface area contributed by atoms with Crippen molar-refractivity contribution in [3.63, 3.8) is 0 Å². The third-order valence-corrected chi connectivity index (χ3v) is 3.46. The van der Waals surface area contributed by atoms with Crippen LogP contribution in [0.3, 0.4) is 0 Å². The normalized spacial score (nSPS) is 14.6. The van der Waals surface area contributed by atoms with E-state index in [9.17, 15) is 4.79 Å². The highest BCUT2D eigenvalue weighted by atomic mass is 79.9. The monoisotopic (exact) mass is 347 g/mol. The number of halogens is 2. The molecule has 0 aromatic heterocycles. The molecule has 5 heteroatoms. The zero-order valence-corrected chi connectivity index (χ0v) is 11.7. The first-order valence-electron chi connectivity index (χ1n) is 5.03. The summed E-state index contributed by atoms with van der Waals surface area (Å²) in [5, 5.41) is 2.87. The van der Waals surface area contributed by atoms with Crippen LogP contribution in [-0.4, -0.2) is 18.6 Å². The van der Waals surface area contributed by atoms with Gasteiger partial charge in [0.15, 0.2) is 6.61 Å². The van der Waals surface area contributed by atoms with E-state index in [1.165, 1.54) is 0 Å². The third-order valence-electron chi connectivity index (χ3n) is 2.21. The first kappa shape index (κ1) is 11.9. The van der Waals surface area contributed by atoms with Crippen molar-refractivity contribution in [2.24, 2.45) is 0 Å². The highest BCUT2D eigenvalue weighted by Gasteiger charge is 2.23. The topological polar surface area (TPSA) is 38.3 Å². The van der Waals surface area contributed by atoms with E-state index in [0.717, 1.165) is 21.8 Å². The van der Waals surface area contributed by atoms with E-state index in [-0.39, 0.29) is 12.5 Å². The molecule has 1 aliphatic carbocycles. The second-order valence-electron chi connectivity index (χ2n) is 3.68. The van der Waals surface area contributed by atoms with Crippen molar-refractivity contribution in [3.05, 3.63) is 27.1 Å². The number of rotatable bonds is 4. The molecule has 0 unspecified atom stereocenters. The minimum Gasteiger partial charge on any atom is -0.481 e. The van der Waals surface area contributed by atoms with E-state index < -0.39 is 0 Å². The van der Waals surface area contributed by atoms with Crippen LogP contribution in [0.4, 0.5) is 0 Å². The van der Waals surface area contributed by atoms with E-state index in [4.69, 9.17) is 4.74 Å². The van der Waals surface area contributed by atoms with E-state index in [0.29, 0.717) is 11.8 Å². The summed E-state index contributed by atoms with van der Waals surface area (Å²) in [6.07, 6.45) is 2.18. The maximum absolute atomic E-state index is 11.4. The molecule has 1 amide bonds. The van der Waals surface area contributed by atoms with Gasteiger partial charge in [-0.3, -0.25) is 4.79 Å². The Morgan fingerprint density at radius 1 is 1.38 bits per heavy atom. The van der Waals surface area contributed by atoms with Crippen LogP contribution in [-0.2, 0) is 4.79 Å². The van der Waals surface area contributed by atoms with Gasteiger partial charge in [-0.15, -0.1) is 0 Å². The van der Waals surface area contributed by atoms with Gasteiger partial charge in [-0.1, -0.05) is 6.07 Å². The van der Waals surface area contributed by atoms with Crippen LogP contribution in [0, 0.1) is 0 Å². The molecule has 0 bridgehead atoms. The van der Waals surface area contributed by atoms with Gasteiger partial charge in [-0.25, -0.2) is 0 Å². The summed E-state index contributed by atoms with van der Waals surface area (Å²) in [6.45, 7) is 0.0533. The largest absolute Gasteiger partial charge is 0.481 e. The number of benzene rings is 1. The van der Waals surface area contributed by atoms with Crippen molar-refractivity contribution < 1.29 is 9.53 Å². The first-order chi connectivity index (χ1) is 7.66. The number of ether oxygens (including phenoxy) is 1. The average molecular weight is 349 g/mol. The Labute approximate surface area is 111 Å². The fourth-order valence-electron chi connectivity index (χ4n) is 1.26. The fourth-order valence-corrected chi connectivity index (χ4v) is 2.48. The van der Waals surface area contributed by atoms with Crippen LogP contribution in [0.1, 0.15) is 12.8 Å². The Bertz CT molecular complexity index is 385. The molecule has 1 aromatic rings. The van der Waals surface area contributed by atoms with Crippen molar-refractivity contribution in [3.8, 4) is 5.75 Å². The lowest BCUT2D eigenvalue weighted by molar-refractivity contribution is -0.123. The third kappa shape index (κ3) is 3.22. The van der Waals surface area contributed by atoms with Gasteiger partial charge in [-0.2, -0.15) is 0 Å². The van der Waals surface area contributed by atoms with Crippen molar-refractivity contribution >= 4 is 37.8 Å². The smallest absolute Gasteiger partial charge is 0.258 e. The molecule has 1 aliphatic rings. The molecule has 3 nitrogen and oxygen atoms in total. The summed E-state index contributed by atoms with van der Waals surface area (Å²) in [5.74, 6) is 0.596. The quantitative estimate of drug-likeness (QED) is 0.908. The van der Waals surface area contributed by atoms with Crippen LogP contribution in [0.25, 0.3) is 0 Å². The lowest BCUT2D eigenvalue weighted by atomic mass is 10.3. The molecule has 86 valence electrons. The summed E-state index contributed by atoms with van der Waals surface area (Å²) in [7, 11) is 0. The molecule has 2 rings (SSSR count). The molecule has 16 heavy (non-hydrogen) atoms. The van der Waals surface area contributed by atoms with Crippen LogP contribution in [0.2, 0.25) is 0 Å². The van der Waals surface area contributed by atoms with Gasteiger partial charge in [0.2, 0.25) is 0 Å². The molecular formula is C11H11Br2NO2. The standard InChI is InChI=1S/C11H11Br2NO2/c12-8-2-1-3-9(13)11(8)16-6-10(15)14-7-4-5-7/h1-3,7H,4-6H2,(H,14,15). The van der Waals surface area contributed by atoms with Crippen LogP contribution < -0.4 is 10.1 Å². The maximum Gasteiger partial charge on any atom is 0.258 e. The van der Waals surface area contributed by atoms with Crippen LogP contribution in [0.15, 0.2) is 27.1 Å². The van der Waals surface area contributed by atoms with E-state index >= 15 is 0 Å². The number of hydrogen-bond acceptors (Lipinski definition) is 2. The Hall–Kier alpha value is -0.550. The highest BCUT2D eigenvalue weighted by molar-refractivity contribution is 9.11. The molecular weight excluding hydrogens is 338 g/mol. The van der Waals surface area contributed by atoms with Crippen molar-refractivity contribution in [1.29, 1.82) is 0 Å². The van der Waals surface area contributed by atoms with Gasteiger partial charge in [0.1, 0.15) is 5.75 Å². The van der Waals surface area contributed by atoms with E-state index in [2.05, 4.69) is 37.2 Å². The number of amides is 1. The highest BCUT2D eigenvalue weighted by Crippen LogP contribution is 2.32. The maximum atomic E-state index is 11.4. The molecule has 0 spiro atoms. The minimum atomic E-state index is -0.0647. The Morgan fingerprint density at radius 2 is 2.00 bits per heavy atom. The lowest BCUT2D eigenvalue weighted by Crippen LogP contribution is -2.30. The first-order valence-corrected chi connectivity index (χ1v) is 6.61. The Morgan fingerprint density at radius 3 is 2.56 bits per heavy atom. The molecule has 0 saturated heterocycles. The fraction of sp³-hybridized carbons (Fsp3) is 0.364. The van der Waals surface area contributed by atoms with Crippen molar-refractivity contribution in [2.45, 2.75) is 18.9 Å². The summed E-state index contributed by atoms with van der Waals surface area (Å²) >= 11 is 6.75. The second-order valence-corrected chi connectivity index (χ2v) is 5.39. The molecule has 1 fully saturated rings. The van der Waals surface area contributed by atoms with Crippen LogP contribution >= 0.6 is 31.9 Å². The summed E-state index contributed by atoms with van der Waals surface area (Å²) < 4.78 is 7.12. The molecule has 0 radical (unpaired) electrons. The number of carbonyl (C=O) groups is 1. The SMILES string of the molecule is O=C(COc1c(Br)cccc1Br)NC1CC1. The van der Waals surface area contributed by atoms with Crippen LogP contribution in [0.5, 0.6) is 5.75 Å². The lowest BCUT2D eigenvalue weighted by Gasteiger charge is -2.09. The average Bonchev–Trinajstić information content (AvgIpc) is 3.01. The molecule has 0 atom stereocenters. The summed E-state index contributed by atoms with van der Waals surface area (Å²) in [5.41, 5.74) is 0. The Kier molecular flexibility index (Phi) is 3.86. The van der Waals surface area contributed by atoms with E-state index in [1.807, 2.05) is 18.2 Å². The number of carbonyl (C=O) groups excluding carboxylic acids is 1. The minimum absolute atomic E-state index is 0.0533. The summed E-state index contributed by atoms with van der Waals surface area (Å²) in [6, 6.07) is 6.02. The molecule has 1 N–H and O–H groups in total. The van der Waals surface area contributed by atoms with Gasteiger partial charge in [0, 0.05) is 6.04 Å². The zero-order valence-electron chi connectivity index (χ0n) is 8.50. The Balaban J connectivity index is 1.90. The predicted molar refractivity (Wildman–Crippen MR) is 68.5 cm³/mol. The van der Waals surface area contributed by atoms with Gasteiger partial charge in [-0.05, 0) is 56.8 Å². The second kappa shape index (κ2) is 5.19. The molecule has 0 heterocycles.